The Morgan fingerprint density at radius 3 is 2.13 bits per heavy atom. The van der Waals surface area contributed by atoms with Crippen LogP contribution in [-0.2, 0) is 18.4 Å². The molecule has 0 radical (unpaired) electrons. The molecular weight excluding hydrogens is 324 g/mol. The maximum atomic E-state index is 12.0. The van der Waals surface area contributed by atoms with E-state index in [0.717, 1.165) is 6.42 Å². The summed E-state index contributed by atoms with van der Waals surface area (Å²) in [6, 6.07) is 0. The van der Waals surface area contributed by atoms with Crippen LogP contribution in [-0.4, -0.2) is 42.2 Å². The standard InChI is InChI=1S/C17H36O4Si2/c1-17(2,3)23(8,9)20-13-11-16(21-22(5,6)7)14-15(18)10-12-19-4/h10,12,16H,11,13-14H2,1-9H3/b12-10+/t16-/m1/s1. The first kappa shape index (κ1) is 22.6. The highest BCUT2D eigenvalue weighted by molar-refractivity contribution is 6.74. The molecule has 0 unspecified atom stereocenters. The molecule has 0 N–H and O–H groups in total. The number of ether oxygens (including phenoxy) is 1. The number of hydrogen-bond donors (Lipinski definition) is 0. The van der Waals surface area contributed by atoms with Crippen molar-refractivity contribution in [3.05, 3.63) is 12.3 Å². The van der Waals surface area contributed by atoms with Crippen molar-refractivity contribution in [2.75, 3.05) is 13.7 Å². The lowest BCUT2D eigenvalue weighted by Gasteiger charge is -2.36. The lowest BCUT2D eigenvalue weighted by molar-refractivity contribution is -0.116. The van der Waals surface area contributed by atoms with E-state index in [9.17, 15) is 4.79 Å². The Bertz CT molecular complexity index is 392. The average Bonchev–Trinajstić information content (AvgIpc) is 2.32. The number of hydrogen-bond acceptors (Lipinski definition) is 4. The van der Waals surface area contributed by atoms with Crippen LogP contribution in [0, 0.1) is 0 Å². The molecule has 0 aromatic carbocycles. The van der Waals surface area contributed by atoms with Gasteiger partial charge >= 0.3 is 0 Å². The van der Waals surface area contributed by atoms with Crippen LogP contribution in [0.3, 0.4) is 0 Å². The second-order valence-corrected chi connectivity index (χ2v) is 17.7. The van der Waals surface area contributed by atoms with E-state index in [1.807, 2.05) is 0 Å². The minimum Gasteiger partial charge on any atom is -0.504 e. The van der Waals surface area contributed by atoms with Crippen molar-refractivity contribution in [3.63, 3.8) is 0 Å². The van der Waals surface area contributed by atoms with Crippen LogP contribution in [0.15, 0.2) is 12.3 Å². The Morgan fingerprint density at radius 2 is 1.70 bits per heavy atom. The first-order valence-corrected chi connectivity index (χ1v) is 14.6. The highest BCUT2D eigenvalue weighted by Crippen LogP contribution is 2.36. The maximum absolute atomic E-state index is 12.0. The van der Waals surface area contributed by atoms with Gasteiger partial charge < -0.3 is 13.6 Å². The molecule has 0 rings (SSSR count). The van der Waals surface area contributed by atoms with Crippen molar-refractivity contribution in [2.24, 2.45) is 0 Å². The molecule has 0 heterocycles. The molecule has 0 fully saturated rings. The fraction of sp³-hybridized carbons (Fsp3) is 0.824. The van der Waals surface area contributed by atoms with Gasteiger partial charge in [-0.3, -0.25) is 4.79 Å². The monoisotopic (exact) mass is 360 g/mol. The summed E-state index contributed by atoms with van der Waals surface area (Å²) in [6.45, 7) is 18.3. The third kappa shape index (κ3) is 10.1. The first-order chi connectivity index (χ1) is 10.3. The number of methoxy groups -OCH3 is 1. The molecule has 6 heteroatoms. The van der Waals surface area contributed by atoms with Gasteiger partial charge in [0.15, 0.2) is 22.4 Å². The van der Waals surface area contributed by atoms with E-state index in [4.69, 9.17) is 13.6 Å². The van der Waals surface area contributed by atoms with Crippen molar-refractivity contribution < 1.29 is 18.4 Å². The van der Waals surface area contributed by atoms with Gasteiger partial charge in [-0.25, -0.2) is 0 Å². The summed E-state index contributed by atoms with van der Waals surface area (Å²) in [4.78, 5) is 12.0. The van der Waals surface area contributed by atoms with Crippen LogP contribution in [0.5, 0.6) is 0 Å². The second kappa shape index (κ2) is 9.15. The summed E-state index contributed by atoms with van der Waals surface area (Å²) in [5.74, 6) is 0.0300. The van der Waals surface area contributed by atoms with Crippen molar-refractivity contribution in [1.29, 1.82) is 0 Å². The number of carbonyl (C=O) groups is 1. The number of ketones is 1. The minimum atomic E-state index is -1.75. The minimum absolute atomic E-state index is 0.0300. The third-order valence-corrected chi connectivity index (χ3v) is 9.63. The van der Waals surface area contributed by atoms with Gasteiger partial charge in [-0.15, -0.1) is 0 Å². The summed E-state index contributed by atoms with van der Waals surface area (Å²) >= 11 is 0. The second-order valence-electron chi connectivity index (χ2n) is 8.46. The summed E-state index contributed by atoms with van der Waals surface area (Å²) < 4.78 is 17.2. The van der Waals surface area contributed by atoms with Crippen LogP contribution in [0.2, 0.25) is 37.8 Å². The van der Waals surface area contributed by atoms with Crippen LogP contribution >= 0.6 is 0 Å². The molecule has 0 aromatic heterocycles. The molecule has 1 atom stereocenters. The van der Waals surface area contributed by atoms with Gasteiger partial charge in [-0.2, -0.15) is 0 Å². The van der Waals surface area contributed by atoms with Crippen LogP contribution in [0.4, 0.5) is 0 Å². The van der Waals surface area contributed by atoms with E-state index in [2.05, 4.69) is 53.5 Å². The van der Waals surface area contributed by atoms with Crippen molar-refractivity contribution in [2.45, 2.75) is 77.5 Å². The van der Waals surface area contributed by atoms with Crippen molar-refractivity contribution >= 4 is 22.4 Å². The Hall–Kier alpha value is -0.436. The quantitative estimate of drug-likeness (QED) is 0.321. The molecule has 0 amide bonds. The lowest BCUT2D eigenvalue weighted by Crippen LogP contribution is -2.42. The summed E-state index contributed by atoms with van der Waals surface area (Å²) in [5, 5.41) is 0.194. The first-order valence-electron chi connectivity index (χ1n) is 8.32. The predicted molar refractivity (Wildman–Crippen MR) is 102 cm³/mol. The predicted octanol–water partition coefficient (Wildman–Crippen LogP) is 4.74. The third-order valence-electron chi connectivity index (χ3n) is 4.05. The zero-order valence-corrected chi connectivity index (χ0v) is 18.5. The lowest BCUT2D eigenvalue weighted by atomic mass is 10.1. The van der Waals surface area contributed by atoms with E-state index in [1.165, 1.54) is 19.4 Å². The highest BCUT2D eigenvalue weighted by Gasteiger charge is 2.37. The van der Waals surface area contributed by atoms with E-state index in [-0.39, 0.29) is 16.9 Å². The van der Waals surface area contributed by atoms with E-state index < -0.39 is 16.6 Å². The molecule has 0 saturated heterocycles. The Balaban J connectivity index is 4.66. The molecule has 0 bridgehead atoms. The highest BCUT2D eigenvalue weighted by atomic mass is 28.4. The van der Waals surface area contributed by atoms with Crippen LogP contribution in [0.25, 0.3) is 0 Å². The summed E-state index contributed by atoms with van der Waals surface area (Å²) in [7, 11) is -1.92. The Kier molecular flexibility index (Phi) is 8.98. The van der Waals surface area contributed by atoms with E-state index >= 15 is 0 Å². The Morgan fingerprint density at radius 1 is 1.13 bits per heavy atom. The fourth-order valence-corrected chi connectivity index (χ4v) is 4.06. The molecule has 0 spiro atoms. The largest absolute Gasteiger partial charge is 0.504 e. The van der Waals surface area contributed by atoms with E-state index in [0.29, 0.717) is 13.0 Å². The van der Waals surface area contributed by atoms with Crippen molar-refractivity contribution in [1.82, 2.24) is 0 Å². The summed E-state index contributed by atoms with van der Waals surface area (Å²) in [6.07, 6.45) is 3.93. The van der Waals surface area contributed by atoms with Gasteiger partial charge in [0, 0.05) is 19.1 Å². The van der Waals surface area contributed by atoms with Gasteiger partial charge in [0.2, 0.25) is 0 Å². The summed E-state index contributed by atoms with van der Waals surface area (Å²) in [5.41, 5.74) is 0. The van der Waals surface area contributed by atoms with Gasteiger partial charge in [0.05, 0.1) is 19.5 Å². The topological polar surface area (TPSA) is 44.8 Å². The smallest absolute Gasteiger partial charge is 0.191 e. The van der Waals surface area contributed by atoms with E-state index in [1.54, 1.807) is 0 Å². The molecule has 136 valence electrons. The molecule has 0 saturated carbocycles. The fourth-order valence-electron chi connectivity index (χ4n) is 1.80. The van der Waals surface area contributed by atoms with Crippen LogP contribution < -0.4 is 0 Å². The number of carbonyl (C=O) groups excluding carboxylic acids is 1. The average molecular weight is 361 g/mol. The molecule has 0 aliphatic heterocycles. The van der Waals surface area contributed by atoms with Crippen LogP contribution in [0.1, 0.15) is 33.6 Å². The SMILES string of the molecule is CO/C=C/C(=O)C[C@@H](CCO[Si](C)(C)C(C)(C)C)O[Si](C)(C)C. The Labute approximate surface area is 144 Å². The van der Waals surface area contributed by atoms with Gasteiger partial charge in [0.1, 0.15) is 0 Å². The van der Waals surface area contributed by atoms with Gasteiger partial charge in [-0.05, 0) is 44.2 Å². The number of rotatable bonds is 10. The van der Waals surface area contributed by atoms with Gasteiger partial charge in [0.25, 0.3) is 0 Å². The van der Waals surface area contributed by atoms with Crippen molar-refractivity contribution in [3.8, 4) is 0 Å². The molecule has 4 nitrogen and oxygen atoms in total. The molecular formula is C17H36O4Si2. The normalized spacial score (nSPS) is 15.0. The zero-order valence-electron chi connectivity index (χ0n) is 16.5. The number of allylic oxidation sites excluding steroid dienone is 1. The molecule has 0 aromatic rings. The molecule has 0 aliphatic carbocycles. The zero-order chi connectivity index (χ0) is 18.3. The maximum Gasteiger partial charge on any atom is 0.191 e. The van der Waals surface area contributed by atoms with Gasteiger partial charge in [-0.1, -0.05) is 20.8 Å². The molecule has 0 aliphatic rings. The molecule has 23 heavy (non-hydrogen) atoms.